The molecule has 0 aliphatic heterocycles. The predicted molar refractivity (Wildman–Crippen MR) is 76.8 cm³/mol. The third-order valence-corrected chi connectivity index (χ3v) is 3.06. The van der Waals surface area contributed by atoms with Crippen molar-refractivity contribution in [2.24, 2.45) is 0 Å². The van der Waals surface area contributed by atoms with Crippen molar-refractivity contribution in [3.05, 3.63) is 47.3 Å². The molecule has 0 saturated carbocycles. The maximum Gasteiger partial charge on any atom is 0.573 e. The summed E-state index contributed by atoms with van der Waals surface area (Å²) in [6.45, 7) is 1.58. The Morgan fingerprint density at radius 2 is 1.96 bits per heavy atom. The molecule has 10 heteroatoms. The first-order valence-corrected chi connectivity index (χ1v) is 6.96. The van der Waals surface area contributed by atoms with Crippen molar-refractivity contribution in [2.45, 2.75) is 25.7 Å². The average molecular weight is 358 g/mol. The van der Waals surface area contributed by atoms with Crippen molar-refractivity contribution < 1.29 is 37.1 Å². The molecule has 1 aromatic carbocycles. The number of aromatic nitrogens is 1. The third-order valence-electron chi connectivity index (χ3n) is 3.06. The van der Waals surface area contributed by atoms with Crippen molar-refractivity contribution >= 4 is 11.9 Å². The van der Waals surface area contributed by atoms with Gasteiger partial charge >= 0.3 is 12.3 Å². The number of halogens is 3. The number of nitrogens with zero attached hydrogens (tertiary/aromatic N) is 1. The summed E-state index contributed by atoms with van der Waals surface area (Å²) in [5.74, 6) is -1.92. The Balaban J connectivity index is 2.16. The molecule has 0 aliphatic carbocycles. The van der Waals surface area contributed by atoms with Crippen LogP contribution in [0.1, 0.15) is 34.3 Å². The number of benzene rings is 1. The van der Waals surface area contributed by atoms with E-state index in [1.165, 1.54) is 18.2 Å². The van der Waals surface area contributed by atoms with Crippen molar-refractivity contribution in [2.75, 3.05) is 0 Å². The fraction of sp³-hybridized carbons (Fsp3) is 0.267. The maximum atomic E-state index is 12.2. The summed E-state index contributed by atoms with van der Waals surface area (Å²) in [5, 5.41) is 15.0. The summed E-state index contributed by atoms with van der Waals surface area (Å²) in [6.07, 6.45) is -5.30. The largest absolute Gasteiger partial charge is 0.573 e. The second kappa shape index (κ2) is 7.24. The van der Waals surface area contributed by atoms with E-state index in [-0.39, 0.29) is 5.69 Å². The van der Waals surface area contributed by atoms with E-state index in [2.05, 4.69) is 15.2 Å². The van der Waals surface area contributed by atoms with Crippen LogP contribution in [-0.2, 0) is 4.79 Å². The zero-order valence-corrected chi connectivity index (χ0v) is 12.8. The highest BCUT2D eigenvalue weighted by atomic mass is 19.4. The van der Waals surface area contributed by atoms with E-state index < -0.39 is 36.5 Å². The van der Waals surface area contributed by atoms with Gasteiger partial charge < -0.3 is 19.7 Å². The van der Waals surface area contributed by atoms with Gasteiger partial charge in [-0.25, -0.2) is 0 Å². The lowest BCUT2D eigenvalue weighted by atomic mass is 10.0. The lowest BCUT2D eigenvalue weighted by Gasteiger charge is -2.17. The molecule has 0 saturated heterocycles. The SMILES string of the molecule is Cc1cc(C(=O)NC(CC(=O)O)c2ccc(OC(F)(F)F)cc2)no1. The topological polar surface area (TPSA) is 102 Å². The molecule has 25 heavy (non-hydrogen) atoms. The molecular weight excluding hydrogens is 345 g/mol. The van der Waals surface area contributed by atoms with E-state index >= 15 is 0 Å². The number of carboxylic acids is 1. The molecule has 1 amide bonds. The fourth-order valence-corrected chi connectivity index (χ4v) is 2.03. The summed E-state index contributed by atoms with van der Waals surface area (Å²) < 4.78 is 45.0. The quantitative estimate of drug-likeness (QED) is 0.823. The molecule has 2 rings (SSSR count). The van der Waals surface area contributed by atoms with Crippen molar-refractivity contribution in [3.8, 4) is 5.75 Å². The minimum Gasteiger partial charge on any atom is -0.481 e. The number of carboxylic acid groups (broad SMARTS) is 1. The number of alkyl halides is 3. The van der Waals surface area contributed by atoms with Crippen LogP contribution in [0.5, 0.6) is 5.75 Å². The highest BCUT2D eigenvalue weighted by Gasteiger charge is 2.31. The van der Waals surface area contributed by atoms with Gasteiger partial charge in [-0.05, 0) is 24.6 Å². The molecule has 2 N–H and O–H groups in total. The van der Waals surface area contributed by atoms with Gasteiger partial charge in [-0.2, -0.15) is 0 Å². The number of amides is 1. The van der Waals surface area contributed by atoms with E-state index in [1.807, 2.05) is 0 Å². The van der Waals surface area contributed by atoms with Crippen LogP contribution in [0.2, 0.25) is 0 Å². The standard InChI is InChI=1S/C15H13F3N2O5/c1-8-6-12(20-25-8)14(23)19-11(7-13(21)22)9-2-4-10(5-3-9)24-15(16,17)18/h2-6,11H,7H2,1H3,(H,19,23)(H,21,22). The van der Waals surface area contributed by atoms with Gasteiger partial charge in [0.05, 0.1) is 12.5 Å². The van der Waals surface area contributed by atoms with Gasteiger partial charge in [0, 0.05) is 6.07 Å². The second-order valence-electron chi connectivity index (χ2n) is 5.06. The lowest BCUT2D eigenvalue weighted by Crippen LogP contribution is -2.30. The lowest BCUT2D eigenvalue weighted by molar-refractivity contribution is -0.274. The van der Waals surface area contributed by atoms with Gasteiger partial charge in [-0.3, -0.25) is 9.59 Å². The van der Waals surface area contributed by atoms with Gasteiger partial charge in [0.2, 0.25) is 0 Å². The molecule has 1 unspecified atom stereocenters. The minimum atomic E-state index is -4.83. The summed E-state index contributed by atoms with van der Waals surface area (Å²) >= 11 is 0. The van der Waals surface area contributed by atoms with Crippen molar-refractivity contribution in [1.82, 2.24) is 10.5 Å². The van der Waals surface area contributed by atoms with Crippen LogP contribution in [0.3, 0.4) is 0 Å². The summed E-state index contributed by atoms with van der Waals surface area (Å²) in [4.78, 5) is 23.1. The Bertz CT molecular complexity index is 755. The summed E-state index contributed by atoms with van der Waals surface area (Å²) in [6, 6.07) is 4.94. The molecule has 1 heterocycles. The van der Waals surface area contributed by atoms with Crippen LogP contribution in [-0.4, -0.2) is 28.5 Å². The Labute approximate surface area is 139 Å². The highest BCUT2D eigenvalue weighted by Crippen LogP contribution is 2.25. The first-order chi connectivity index (χ1) is 11.6. The maximum absolute atomic E-state index is 12.2. The number of hydrogen-bond donors (Lipinski definition) is 2. The number of carbonyl (C=O) groups excluding carboxylic acids is 1. The van der Waals surface area contributed by atoms with Crippen molar-refractivity contribution in [1.29, 1.82) is 0 Å². The molecule has 0 radical (unpaired) electrons. The molecule has 2 aromatic rings. The molecule has 0 aliphatic rings. The van der Waals surface area contributed by atoms with E-state index in [4.69, 9.17) is 9.63 Å². The molecule has 0 fully saturated rings. The van der Waals surface area contributed by atoms with Crippen LogP contribution in [0.15, 0.2) is 34.9 Å². The highest BCUT2D eigenvalue weighted by molar-refractivity contribution is 5.92. The fourth-order valence-electron chi connectivity index (χ4n) is 2.03. The molecular formula is C15H13F3N2O5. The zero-order chi connectivity index (χ0) is 18.6. The number of nitrogens with one attached hydrogen (secondary N) is 1. The molecule has 0 bridgehead atoms. The van der Waals surface area contributed by atoms with Gasteiger partial charge in [-0.1, -0.05) is 17.3 Å². The molecule has 1 atom stereocenters. The number of hydrogen-bond acceptors (Lipinski definition) is 5. The normalized spacial score (nSPS) is 12.5. The minimum absolute atomic E-state index is 0.0371. The summed E-state index contributed by atoms with van der Waals surface area (Å²) in [7, 11) is 0. The van der Waals surface area contributed by atoms with Crippen LogP contribution >= 0.6 is 0 Å². The zero-order valence-electron chi connectivity index (χ0n) is 12.8. The first-order valence-electron chi connectivity index (χ1n) is 6.96. The number of rotatable bonds is 6. The van der Waals surface area contributed by atoms with E-state index in [0.29, 0.717) is 11.3 Å². The Morgan fingerprint density at radius 1 is 1.32 bits per heavy atom. The Morgan fingerprint density at radius 3 is 2.44 bits per heavy atom. The number of aryl methyl sites for hydroxylation is 1. The van der Waals surface area contributed by atoms with E-state index in [1.54, 1.807) is 6.92 Å². The monoisotopic (exact) mass is 358 g/mol. The number of carbonyl (C=O) groups is 2. The molecule has 1 aromatic heterocycles. The van der Waals surface area contributed by atoms with E-state index in [9.17, 15) is 22.8 Å². The molecule has 0 spiro atoms. The van der Waals surface area contributed by atoms with Gasteiger partial charge in [0.1, 0.15) is 11.5 Å². The first kappa shape index (κ1) is 18.3. The third kappa shape index (κ3) is 5.52. The van der Waals surface area contributed by atoms with Crippen LogP contribution in [0.4, 0.5) is 13.2 Å². The van der Waals surface area contributed by atoms with Crippen LogP contribution < -0.4 is 10.1 Å². The van der Waals surface area contributed by atoms with Crippen molar-refractivity contribution in [3.63, 3.8) is 0 Å². The average Bonchev–Trinajstić information content (AvgIpc) is 2.92. The predicted octanol–water partition coefficient (Wildman–Crippen LogP) is 2.83. The van der Waals surface area contributed by atoms with Crippen LogP contribution in [0, 0.1) is 6.92 Å². The van der Waals surface area contributed by atoms with E-state index in [0.717, 1.165) is 12.1 Å². The smallest absolute Gasteiger partial charge is 0.481 e. The molecule has 134 valence electrons. The van der Waals surface area contributed by atoms with Gasteiger partial charge in [0.15, 0.2) is 5.69 Å². The van der Waals surface area contributed by atoms with Gasteiger partial charge in [-0.15, -0.1) is 13.2 Å². The second-order valence-corrected chi connectivity index (χ2v) is 5.06. The number of aliphatic carboxylic acids is 1. The van der Waals surface area contributed by atoms with Gasteiger partial charge in [0.25, 0.3) is 5.91 Å². The Kier molecular flexibility index (Phi) is 5.30. The number of ether oxygens (including phenoxy) is 1. The molecule has 7 nitrogen and oxygen atoms in total. The van der Waals surface area contributed by atoms with Crippen LogP contribution in [0.25, 0.3) is 0 Å². The Hall–Kier alpha value is -3.04. The summed E-state index contributed by atoms with van der Waals surface area (Å²) in [5.41, 5.74) is 0.260.